The number of benzene rings is 1. The van der Waals surface area contributed by atoms with E-state index < -0.39 is 16.0 Å². The lowest BCUT2D eigenvalue weighted by atomic mass is 9.83. The molecule has 2 aliphatic heterocycles. The summed E-state index contributed by atoms with van der Waals surface area (Å²) < 4.78 is 27.3. The maximum Gasteiger partial charge on any atom is 0.335 e. The summed E-state index contributed by atoms with van der Waals surface area (Å²) in [5.74, 6) is -0.780. The van der Waals surface area contributed by atoms with Gasteiger partial charge in [0, 0.05) is 26.2 Å². The highest BCUT2D eigenvalue weighted by molar-refractivity contribution is 7.89. The fourth-order valence-corrected chi connectivity index (χ4v) is 5.55. The minimum atomic E-state index is -3.66. The van der Waals surface area contributed by atoms with Crippen molar-refractivity contribution in [2.45, 2.75) is 18.7 Å². The van der Waals surface area contributed by atoms with E-state index in [1.165, 1.54) is 16.4 Å². The average Bonchev–Trinajstić information content (AvgIpc) is 2.89. The molecule has 126 valence electrons. The van der Waals surface area contributed by atoms with Gasteiger partial charge in [-0.1, -0.05) is 13.0 Å². The molecule has 0 spiro atoms. The Morgan fingerprint density at radius 3 is 2.61 bits per heavy atom. The second-order valence-electron chi connectivity index (χ2n) is 7.13. The molecule has 2 aliphatic rings. The predicted octanol–water partition coefficient (Wildman–Crippen LogP) is 1.27. The molecule has 0 bridgehead atoms. The van der Waals surface area contributed by atoms with Crippen molar-refractivity contribution in [2.75, 3.05) is 33.2 Å². The van der Waals surface area contributed by atoms with Gasteiger partial charge in [0.25, 0.3) is 0 Å². The highest BCUT2D eigenvalue weighted by Gasteiger charge is 2.51. The van der Waals surface area contributed by atoms with Gasteiger partial charge in [-0.2, -0.15) is 4.31 Å². The molecule has 2 fully saturated rings. The van der Waals surface area contributed by atoms with Crippen LogP contribution in [0.4, 0.5) is 0 Å². The molecule has 7 heteroatoms. The van der Waals surface area contributed by atoms with Crippen LogP contribution in [-0.2, 0) is 10.0 Å². The molecule has 1 aromatic carbocycles. The highest BCUT2D eigenvalue weighted by atomic mass is 32.2. The number of hydrogen-bond acceptors (Lipinski definition) is 4. The lowest BCUT2D eigenvalue weighted by Crippen LogP contribution is -2.34. The number of aromatic carboxylic acids is 1. The number of hydrogen-bond donors (Lipinski definition) is 1. The minimum Gasteiger partial charge on any atom is -0.478 e. The largest absolute Gasteiger partial charge is 0.478 e. The molecule has 0 saturated carbocycles. The van der Waals surface area contributed by atoms with Crippen molar-refractivity contribution < 1.29 is 18.3 Å². The first-order chi connectivity index (χ1) is 10.6. The maximum atomic E-state index is 12.9. The lowest BCUT2D eigenvalue weighted by molar-refractivity contribution is 0.0696. The molecular weight excluding hydrogens is 316 g/mol. The second-order valence-corrected chi connectivity index (χ2v) is 9.07. The van der Waals surface area contributed by atoms with Crippen LogP contribution in [0.5, 0.6) is 0 Å². The first-order valence-electron chi connectivity index (χ1n) is 7.66. The Morgan fingerprint density at radius 2 is 2.00 bits per heavy atom. The molecule has 0 aliphatic carbocycles. The van der Waals surface area contributed by atoms with E-state index in [1.54, 1.807) is 13.0 Å². The van der Waals surface area contributed by atoms with Crippen LogP contribution in [0.3, 0.4) is 0 Å². The Labute approximate surface area is 136 Å². The minimum absolute atomic E-state index is 0.0256. The molecule has 0 radical (unpaired) electrons. The van der Waals surface area contributed by atoms with Crippen LogP contribution in [-0.4, -0.2) is 61.9 Å². The monoisotopic (exact) mass is 338 g/mol. The van der Waals surface area contributed by atoms with Gasteiger partial charge in [0.2, 0.25) is 10.0 Å². The van der Waals surface area contributed by atoms with E-state index in [0.717, 1.165) is 13.1 Å². The Bertz CT molecular complexity index is 761. The van der Waals surface area contributed by atoms with Crippen LogP contribution in [0.1, 0.15) is 22.8 Å². The van der Waals surface area contributed by atoms with Gasteiger partial charge in [-0.15, -0.1) is 0 Å². The number of fused-ring (bicyclic) bond motifs is 1. The molecule has 1 aromatic rings. The van der Waals surface area contributed by atoms with Gasteiger partial charge in [-0.25, -0.2) is 13.2 Å². The standard InChI is InChI=1S/C16H22N2O4S/c1-11-4-5-13(6-14(11)15(19)20)23(21,22)18-8-12-7-17(3)9-16(12,2)10-18/h4-6,12H,7-10H2,1-3H3,(H,19,20)/t12-,16+/m1/s1. The molecule has 0 aromatic heterocycles. The van der Waals surface area contributed by atoms with Crippen LogP contribution in [0, 0.1) is 18.3 Å². The van der Waals surface area contributed by atoms with E-state index in [4.69, 9.17) is 0 Å². The zero-order valence-electron chi connectivity index (χ0n) is 13.6. The molecule has 2 heterocycles. The van der Waals surface area contributed by atoms with Crippen molar-refractivity contribution in [3.05, 3.63) is 29.3 Å². The Balaban J connectivity index is 1.92. The summed E-state index contributed by atoms with van der Waals surface area (Å²) in [6.07, 6.45) is 0. The van der Waals surface area contributed by atoms with Crippen LogP contribution in [0.25, 0.3) is 0 Å². The highest BCUT2D eigenvalue weighted by Crippen LogP contribution is 2.43. The maximum absolute atomic E-state index is 12.9. The molecular formula is C16H22N2O4S. The van der Waals surface area contributed by atoms with Crippen molar-refractivity contribution in [3.8, 4) is 0 Å². The van der Waals surface area contributed by atoms with Crippen molar-refractivity contribution >= 4 is 16.0 Å². The van der Waals surface area contributed by atoms with Gasteiger partial charge in [-0.3, -0.25) is 0 Å². The number of nitrogens with zero attached hydrogens (tertiary/aromatic N) is 2. The molecule has 3 rings (SSSR count). The third-order valence-electron chi connectivity index (χ3n) is 5.19. The summed E-state index contributed by atoms with van der Waals surface area (Å²) in [6, 6.07) is 4.33. The SMILES string of the molecule is Cc1ccc(S(=O)(=O)N2C[C@H]3CN(C)C[C@@]3(C)C2)cc1C(=O)O. The molecule has 23 heavy (non-hydrogen) atoms. The number of carboxylic acids is 1. The smallest absolute Gasteiger partial charge is 0.335 e. The summed E-state index contributed by atoms with van der Waals surface area (Å²) >= 11 is 0. The summed E-state index contributed by atoms with van der Waals surface area (Å²) in [5.41, 5.74) is 0.571. The summed E-state index contributed by atoms with van der Waals surface area (Å²) in [4.78, 5) is 13.6. The summed E-state index contributed by atoms with van der Waals surface area (Å²) in [6.45, 7) is 6.57. The van der Waals surface area contributed by atoms with Crippen LogP contribution >= 0.6 is 0 Å². The quantitative estimate of drug-likeness (QED) is 0.898. The average molecular weight is 338 g/mol. The van der Waals surface area contributed by atoms with Crippen LogP contribution in [0.15, 0.2) is 23.1 Å². The molecule has 2 saturated heterocycles. The Hall–Kier alpha value is -1.44. The first kappa shape index (κ1) is 16.4. The zero-order chi connectivity index (χ0) is 17.0. The number of likely N-dealkylation sites (tertiary alicyclic amines) is 1. The fourth-order valence-electron chi connectivity index (χ4n) is 3.90. The van der Waals surface area contributed by atoms with Gasteiger partial charge < -0.3 is 10.0 Å². The Morgan fingerprint density at radius 1 is 1.30 bits per heavy atom. The molecule has 0 unspecified atom stereocenters. The van der Waals surface area contributed by atoms with Gasteiger partial charge in [0.1, 0.15) is 0 Å². The number of aryl methyl sites for hydroxylation is 1. The molecule has 0 amide bonds. The molecule has 6 nitrogen and oxygen atoms in total. The zero-order valence-corrected chi connectivity index (χ0v) is 14.4. The van der Waals surface area contributed by atoms with Gasteiger partial charge in [-0.05, 0) is 43.0 Å². The van der Waals surface area contributed by atoms with E-state index in [9.17, 15) is 18.3 Å². The van der Waals surface area contributed by atoms with Crippen molar-refractivity contribution in [1.29, 1.82) is 0 Å². The second kappa shape index (κ2) is 5.29. The van der Waals surface area contributed by atoms with Gasteiger partial charge in [0.15, 0.2) is 0 Å². The topological polar surface area (TPSA) is 77.9 Å². The van der Waals surface area contributed by atoms with Crippen LogP contribution < -0.4 is 0 Å². The van der Waals surface area contributed by atoms with E-state index in [-0.39, 0.29) is 15.9 Å². The van der Waals surface area contributed by atoms with E-state index in [0.29, 0.717) is 24.6 Å². The molecule has 1 N–H and O–H groups in total. The lowest BCUT2D eigenvalue weighted by Gasteiger charge is -2.24. The number of rotatable bonds is 3. The van der Waals surface area contributed by atoms with Crippen molar-refractivity contribution in [2.24, 2.45) is 11.3 Å². The Kier molecular flexibility index (Phi) is 3.78. The predicted molar refractivity (Wildman–Crippen MR) is 86.0 cm³/mol. The van der Waals surface area contributed by atoms with E-state index >= 15 is 0 Å². The summed E-state index contributed by atoms with van der Waals surface area (Å²) in [5, 5.41) is 9.21. The van der Waals surface area contributed by atoms with Crippen molar-refractivity contribution in [3.63, 3.8) is 0 Å². The number of sulfonamides is 1. The number of carbonyl (C=O) groups is 1. The third-order valence-corrected chi connectivity index (χ3v) is 7.00. The van der Waals surface area contributed by atoms with Crippen LogP contribution in [0.2, 0.25) is 0 Å². The number of carboxylic acid groups (broad SMARTS) is 1. The normalized spacial score (nSPS) is 28.9. The van der Waals surface area contributed by atoms with E-state index in [2.05, 4.69) is 18.9 Å². The van der Waals surface area contributed by atoms with Crippen molar-refractivity contribution in [1.82, 2.24) is 9.21 Å². The fraction of sp³-hybridized carbons (Fsp3) is 0.562. The van der Waals surface area contributed by atoms with Gasteiger partial charge in [0.05, 0.1) is 10.5 Å². The van der Waals surface area contributed by atoms with Gasteiger partial charge >= 0.3 is 5.97 Å². The van der Waals surface area contributed by atoms with E-state index in [1.807, 2.05) is 0 Å². The molecule has 2 atom stereocenters. The third kappa shape index (κ3) is 2.66. The summed E-state index contributed by atoms with van der Waals surface area (Å²) in [7, 11) is -1.60. The first-order valence-corrected chi connectivity index (χ1v) is 9.10.